The number of nitrogen functional groups attached to an aromatic ring is 1. The lowest BCUT2D eigenvalue weighted by Gasteiger charge is -2.37. The first-order chi connectivity index (χ1) is 16.4. The van der Waals surface area contributed by atoms with E-state index in [-0.39, 0.29) is 18.0 Å². The van der Waals surface area contributed by atoms with Gasteiger partial charge < -0.3 is 10.6 Å². The Morgan fingerprint density at radius 2 is 1.94 bits per heavy atom. The molecule has 0 saturated carbocycles. The van der Waals surface area contributed by atoms with Crippen LogP contribution in [0, 0.1) is 0 Å². The van der Waals surface area contributed by atoms with Crippen molar-refractivity contribution in [1.82, 2.24) is 28.7 Å². The Bertz CT molecular complexity index is 1360. The molecule has 34 heavy (non-hydrogen) atoms. The lowest BCUT2D eigenvalue weighted by molar-refractivity contribution is -0.123. The van der Waals surface area contributed by atoms with Crippen LogP contribution in [0.2, 0.25) is 0 Å². The minimum Gasteiger partial charge on any atom is -0.382 e. The first-order valence-corrected chi connectivity index (χ1v) is 12.5. The highest BCUT2D eigenvalue weighted by Gasteiger charge is 2.32. The van der Waals surface area contributed by atoms with E-state index in [1.54, 1.807) is 18.1 Å². The zero-order valence-corrected chi connectivity index (χ0v) is 20.5. The fourth-order valence-corrected chi connectivity index (χ4v) is 5.27. The number of amides is 1. The summed E-state index contributed by atoms with van der Waals surface area (Å²) in [6.45, 7) is 7.61. The molecule has 4 heterocycles. The third-order valence-corrected chi connectivity index (χ3v) is 7.27. The number of rotatable bonds is 5. The number of nitrogens with zero attached hydrogens (tertiary/aromatic N) is 7. The van der Waals surface area contributed by atoms with Crippen molar-refractivity contribution in [2.24, 2.45) is 0 Å². The van der Waals surface area contributed by atoms with Gasteiger partial charge in [0, 0.05) is 42.1 Å². The summed E-state index contributed by atoms with van der Waals surface area (Å²) in [5.74, 6) is 0.506. The molecule has 5 rings (SSSR count). The number of anilines is 2. The topological polar surface area (TPSA) is 97.6 Å². The number of carbonyl (C=O) groups is 1. The number of nitrogens with two attached hydrogens (primary N) is 1. The molecule has 1 aliphatic heterocycles. The van der Waals surface area contributed by atoms with Crippen LogP contribution in [0.3, 0.4) is 0 Å². The zero-order valence-electron chi connectivity index (χ0n) is 19.7. The van der Waals surface area contributed by atoms with E-state index in [2.05, 4.69) is 39.4 Å². The van der Waals surface area contributed by atoms with Crippen molar-refractivity contribution < 1.29 is 4.79 Å². The molecule has 0 radical (unpaired) electrons. The molecule has 2 N–H and O–H groups in total. The van der Waals surface area contributed by atoms with Gasteiger partial charge in [-0.25, -0.2) is 13.8 Å². The van der Waals surface area contributed by atoms with Gasteiger partial charge in [0.1, 0.15) is 11.8 Å². The fraction of sp³-hybridized carbons (Fsp3) is 0.333. The van der Waals surface area contributed by atoms with Crippen LogP contribution >= 0.6 is 11.9 Å². The predicted octanol–water partition coefficient (Wildman–Crippen LogP) is 3.74. The van der Waals surface area contributed by atoms with Crippen LogP contribution in [0.1, 0.15) is 26.8 Å². The number of hydrogen-bond acceptors (Lipinski definition) is 7. The van der Waals surface area contributed by atoms with Crippen LogP contribution in [0.25, 0.3) is 28.0 Å². The SMILES string of the molecule is CSN1CCN(c2cccc(-c3cc(-c4ccnn4C(C)C)c4c(N)ncnn34)c2)C(=O)C1C. The third-order valence-electron chi connectivity index (χ3n) is 6.31. The van der Waals surface area contributed by atoms with E-state index in [4.69, 9.17) is 5.73 Å². The molecule has 1 atom stereocenters. The van der Waals surface area contributed by atoms with E-state index in [0.717, 1.165) is 40.3 Å². The van der Waals surface area contributed by atoms with Crippen LogP contribution in [0.4, 0.5) is 11.5 Å². The number of fused-ring (bicyclic) bond motifs is 1. The molecule has 1 amide bonds. The molecule has 1 unspecified atom stereocenters. The van der Waals surface area contributed by atoms with Crippen LogP contribution in [0.15, 0.2) is 48.9 Å². The molecule has 0 aliphatic carbocycles. The highest BCUT2D eigenvalue weighted by Crippen LogP contribution is 2.36. The largest absolute Gasteiger partial charge is 0.382 e. The molecule has 10 heteroatoms. The third kappa shape index (κ3) is 3.63. The van der Waals surface area contributed by atoms with Crippen molar-refractivity contribution in [2.75, 3.05) is 30.0 Å². The quantitative estimate of drug-likeness (QED) is 0.438. The summed E-state index contributed by atoms with van der Waals surface area (Å²) >= 11 is 1.61. The van der Waals surface area contributed by atoms with E-state index in [0.29, 0.717) is 12.4 Å². The molecular formula is C24H28N8OS. The highest BCUT2D eigenvalue weighted by atomic mass is 32.2. The van der Waals surface area contributed by atoms with Gasteiger partial charge in [0.25, 0.3) is 0 Å². The van der Waals surface area contributed by atoms with Crippen molar-refractivity contribution in [3.8, 4) is 22.5 Å². The summed E-state index contributed by atoms with van der Waals surface area (Å²) in [5.41, 5.74) is 11.6. The summed E-state index contributed by atoms with van der Waals surface area (Å²) in [5, 5.41) is 9.01. The molecule has 3 aromatic heterocycles. The van der Waals surface area contributed by atoms with Gasteiger partial charge in [-0.3, -0.25) is 9.48 Å². The minimum atomic E-state index is -0.169. The molecule has 1 fully saturated rings. The minimum absolute atomic E-state index is 0.103. The second-order valence-electron chi connectivity index (χ2n) is 8.64. The normalized spacial score (nSPS) is 17.3. The number of benzene rings is 1. The number of piperazine rings is 1. The van der Waals surface area contributed by atoms with Gasteiger partial charge in [-0.05, 0) is 51.3 Å². The van der Waals surface area contributed by atoms with Gasteiger partial charge in [0.2, 0.25) is 5.91 Å². The Labute approximate surface area is 202 Å². The smallest absolute Gasteiger partial charge is 0.245 e. The Balaban J connectivity index is 1.62. The second-order valence-corrected chi connectivity index (χ2v) is 9.48. The molecule has 4 aromatic rings. The van der Waals surface area contributed by atoms with Gasteiger partial charge in [-0.1, -0.05) is 24.1 Å². The number of carbonyl (C=O) groups excluding carboxylic acids is 1. The summed E-state index contributed by atoms with van der Waals surface area (Å²) in [7, 11) is 0. The van der Waals surface area contributed by atoms with Crippen molar-refractivity contribution >= 4 is 34.9 Å². The van der Waals surface area contributed by atoms with Crippen LogP contribution in [0.5, 0.6) is 0 Å². The van der Waals surface area contributed by atoms with E-state index in [9.17, 15) is 4.79 Å². The molecule has 9 nitrogen and oxygen atoms in total. The molecule has 0 bridgehead atoms. The maximum atomic E-state index is 13.1. The average molecular weight is 477 g/mol. The van der Waals surface area contributed by atoms with Crippen molar-refractivity contribution in [3.63, 3.8) is 0 Å². The summed E-state index contributed by atoms with van der Waals surface area (Å²) in [6, 6.07) is 12.1. The standard InChI is InChI=1S/C24H28N8OS/c1-15(2)31-20(8-9-27-31)19-13-21(32-22(19)23(25)26-14-28-32)17-6-5-7-18(12-17)29-10-11-30(34-4)16(3)24(29)33/h5-9,12-16H,10-11H2,1-4H3,(H2,25,26,28). The van der Waals surface area contributed by atoms with Gasteiger partial charge in [-0.15, -0.1) is 0 Å². The second kappa shape index (κ2) is 8.77. The first-order valence-electron chi connectivity index (χ1n) is 11.3. The molecule has 0 spiro atoms. The average Bonchev–Trinajstić information content (AvgIpc) is 3.47. The van der Waals surface area contributed by atoms with Crippen LogP contribution in [-0.4, -0.2) is 60.0 Å². The first kappa shape index (κ1) is 22.4. The van der Waals surface area contributed by atoms with Crippen LogP contribution < -0.4 is 10.6 Å². The Morgan fingerprint density at radius 3 is 2.71 bits per heavy atom. The molecule has 1 aliphatic rings. The maximum Gasteiger partial charge on any atom is 0.245 e. The molecule has 1 aromatic carbocycles. The van der Waals surface area contributed by atoms with E-state index in [1.807, 2.05) is 57.6 Å². The monoisotopic (exact) mass is 476 g/mol. The summed E-state index contributed by atoms with van der Waals surface area (Å²) in [4.78, 5) is 19.2. The highest BCUT2D eigenvalue weighted by molar-refractivity contribution is 7.96. The van der Waals surface area contributed by atoms with E-state index in [1.165, 1.54) is 6.33 Å². The van der Waals surface area contributed by atoms with Gasteiger partial charge in [0.05, 0.1) is 17.4 Å². The Hall–Kier alpha value is -3.37. The van der Waals surface area contributed by atoms with Gasteiger partial charge in [0.15, 0.2) is 5.82 Å². The molecular weight excluding hydrogens is 448 g/mol. The molecule has 1 saturated heterocycles. The number of aromatic nitrogens is 5. The van der Waals surface area contributed by atoms with Crippen LogP contribution in [-0.2, 0) is 4.79 Å². The Morgan fingerprint density at radius 1 is 1.12 bits per heavy atom. The summed E-state index contributed by atoms with van der Waals surface area (Å²) < 4.78 is 5.91. The Kier molecular flexibility index (Phi) is 5.78. The predicted molar refractivity (Wildman–Crippen MR) is 136 cm³/mol. The lowest BCUT2D eigenvalue weighted by atomic mass is 10.1. The molecule has 176 valence electrons. The van der Waals surface area contributed by atoms with Crippen molar-refractivity contribution in [2.45, 2.75) is 32.9 Å². The van der Waals surface area contributed by atoms with Crippen molar-refractivity contribution in [3.05, 3.63) is 48.9 Å². The fourth-order valence-electron chi connectivity index (χ4n) is 4.60. The van der Waals surface area contributed by atoms with E-state index < -0.39 is 0 Å². The zero-order chi connectivity index (χ0) is 24.0. The number of hydrogen-bond donors (Lipinski definition) is 1. The lowest BCUT2D eigenvalue weighted by Crippen LogP contribution is -2.53. The van der Waals surface area contributed by atoms with Gasteiger partial charge in [-0.2, -0.15) is 10.2 Å². The van der Waals surface area contributed by atoms with E-state index >= 15 is 0 Å². The van der Waals surface area contributed by atoms with Crippen molar-refractivity contribution in [1.29, 1.82) is 0 Å². The van der Waals surface area contributed by atoms with Gasteiger partial charge >= 0.3 is 0 Å². The summed E-state index contributed by atoms with van der Waals surface area (Å²) in [6.07, 6.45) is 5.26. The maximum absolute atomic E-state index is 13.1.